The molecule has 11 heteroatoms. The molecule has 2 aromatic heterocycles. The second-order valence-corrected chi connectivity index (χ2v) is 10.1. The number of nitrogens with zero attached hydrogens (tertiary/aromatic N) is 4. The summed E-state index contributed by atoms with van der Waals surface area (Å²) >= 11 is 0. The van der Waals surface area contributed by atoms with E-state index < -0.39 is 11.6 Å². The number of primary amides is 1. The van der Waals surface area contributed by atoms with Crippen LogP contribution in [0.25, 0.3) is 11.2 Å². The fraction of sp³-hybridized carbons (Fsp3) is 0.500. The molecule has 3 heterocycles. The number of fused-ring (bicyclic) bond motifs is 1. The van der Waals surface area contributed by atoms with Crippen molar-refractivity contribution in [3.63, 3.8) is 0 Å². The van der Waals surface area contributed by atoms with E-state index in [0.717, 1.165) is 26.1 Å². The molecule has 1 aliphatic heterocycles. The molecule has 1 spiro atoms. The van der Waals surface area contributed by atoms with Crippen LogP contribution in [0.1, 0.15) is 44.6 Å². The Kier molecular flexibility index (Phi) is 5.32. The average molecular weight is 484 g/mol. The maximum Gasteiger partial charge on any atom is 0.224 e. The lowest BCUT2D eigenvalue weighted by Crippen LogP contribution is -2.56. The third-order valence-corrected chi connectivity index (χ3v) is 7.61. The van der Waals surface area contributed by atoms with E-state index in [4.69, 9.17) is 15.5 Å². The molecule has 0 bridgehead atoms. The van der Waals surface area contributed by atoms with Crippen molar-refractivity contribution in [3.8, 4) is 0 Å². The third kappa shape index (κ3) is 3.97. The SMILES string of the molecule is NC(=O)C1CCC(n2c(Nc3c(F)cccc3F)nc3cnc(NC4CC5(COC5)C4)nc32)CC1. The van der Waals surface area contributed by atoms with E-state index in [-0.39, 0.29) is 35.5 Å². The van der Waals surface area contributed by atoms with Gasteiger partial charge in [-0.2, -0.15) is 4.98 Å². The summed E-state index contributed by atoms with van der Waals surface area (Å²) in [4.78, 5) is 25.4. The van der Waals surface area contributed by atoms with Crippen LogP contribution in [0.4, 0.5) is 26.4 Å². The van der Waals surface area contributed by atoms with Gasteiger partial charge in [0.2, 0.25) is 17.8 Å². The summed E-state index contributed by atoms with van der Waals surface area (Å²) < 4.78 is 36.1. The predicted octanol–water partition coefficient (Wildman–Crippen LogP) is 3.66. The number of ether oxygens (including phenoxy) is 1. The molecule has 0 unspecified atom stereocenters. The molecule has 1 aromatic carbocycles. The van der Waals surface area contributed by atoms with Crippen molar-refractivity contribution in [1.29, 1.82) is 0 Å². The zero-order chi connectivity index (χ0) is 24.2. The number of nitrogens with one attached hydrogen (secondary N) is 2. The fourth-order valence-corrected chi connectivity index (χ4v) is 5.64. The molecule has 4 N–H and O–H groups in total. The van der Waals surface area contributed by atoms with Gasteiger partial charge in [-0.15, -0.1) is 0 Å². The number of benzene rings is 1. The zero-order valence-corrected chi connectivity index (χ0v) is 19.1. The summed E-state index contributed by atoms with van der Waals surface area (Å²) in [5.41, 5.74) is 6.64. The highest BCUT2D eigenvalue weighted by atomic mass is 19.1. The van der Waals surface area contributed by atoms with E-state index >= 15 is 0 Å². The molecular weight excluding hydrogens is 456 g/mol. The van der Waals surface area contributed by atoms with Gasteiger partial charge in [0.05, 0.1) is 19.4 Å². The second-order valence-electron chi connectivity index (χ2n) is 10.1. The first-order chi connectivity index (χ1) is 16.9. The molecule has 2 aliphatic carbocycles. The van der Waals surface area contributed by atoms with Gasteiger partial charge in [0, 0.05) is 23.4 Å². The van der Waals surface area contributed by atoms with Crippen LogP contribution in [0.2, 0.25) is 0 Å². The van der Waals surface area contributed by atoms with Crippen LogP contribution in [0.5, 0.6) is 0 Å². The lowest BCUT2D eigenvalue weighted by Gasteiger charge is -2.53. The van der Waals surface area contributed by atoms with Crippen molar-refractivity contribution < 1.29 is 18.3 Å². The zero-order valence-electron chi connectivity index (χ0n) is 19.1. The second kappa shape index (κ2) is 8.40. The number of carbonyl (C=O) groups excluding carboxylic acids is 1. The van der Waals surface area contributed by atoms with Gasteiger partial charge >= 0.3 is 0 Å². The predicted molar refractivity (Wildman–Crippen MR) is 125 cm³/mol. The highest BCUT2D eigenvalue weighted by Crippen LogP contribution is 2.47. The molecule has 3 fully saturated rings. The quantitative estimate of drug-likeness (QED) is 0.489. The molecule has 6 rings (SSSR count). The van der Waals surface area contributed by atoms with Gasteiger partial charge in [0.15, 0.2) is 5.65 Å². The Hall–Kier alpha value is -3.34. The Morgan fingerprint density at radius 2 is 1.83 bits per heavy atom. The van der Waals surface area contributed by atoms with Gasteiger partial charge in [-0.25, -0.2) is 18.7 Å². The Balaban J connectivity index is 1.33. The highest BCUT2D eigenvalue weighted by molar-refractivity contribution is 5.78. The summed E-state index contributed by atoms with van der Waals surface area (Å²) in [5, 5.41) is 6.25. The lowest BCUT2D eigenvalue weighted by molar-refractivity contribution is -0.160. The first kappa shape index (κ1) is 22.1. The van der Waals surface area contributed by atoms with E-state index in [1.165, 1.54) is 18.2 Å². The number of imidazole rings is 1. The number of aromatic nitrogens is 4. The van der Waals surface area contributed by atoms with Gasteiger partial charge in [0.1, 0.15) is 22.8 Å². The Bertz CT molecular complexity index is 1260. The first-order valence-electron chi connectivity index (χ1n) is 12.0. The van der Waals surface area contributed by atoms with Gasteiger partial charge < -0.3 is 21.1 Å². The molecule has 35 heavy (non-hydrogen) atoms. The summed E-state index contributed by atoms with van der Waals surface area (Å²) in [7, 11) is 0. The summed E-state index contributed by atoms with van der Waals surface area (Å²) in [6, 6.07) is 3.92. The summed E-state index contributed by atoms with van der Waals surface area (Å²) in [6.45, 7) is 1.63. The third-order valence-electron chi connectivity index (χ3n) is 7.61. The van der Waals surface area contributed by atoms with Crippen LogP contribution < -0.4 is 16.4 Å². The fourth-order valence-electron chi connectivity index (χ4n) is 5.64. The van der Waals surface area contributed by atoms with E-state index in [0.29, 0.717) is 48.2 Å². The van der Waals surface area contributed by atoms with Crippen molar-refractivity contribution in [1.82, 2.24) is 19.5 Å². The Morgan fingerprint density at radius 3 is 2.46 bits per heavy atom. The van der Waals surface area contributed by atoms with Crippen LogP contribution >= 0.6 is 0 Å². The smallest absolute Gasteiger partial charge is 0.224 e. The molecule has 3 aliphatic rings. The monoisotopic (exact) mass is 483 g/mol. The number of para-hydroxylation sites is 1. The largest absolute Gasteiger partial charge is 0.380 e. The van der Waals surface area contributed by atoms with Crippen molar-refractivity contribution >= 4 is 34.7 Å². The minimum atomic E-state index is -0.714. The number of nitrogens with two attached hydrogens (primary N) is 1. The number of hydrogen-bond acceptors (Lipinski definition) is 7. The Morgan fingerprint density at radius 1 is 1.11 bits per heavy atom. The Labute approximate surface area is 200 Å². The van der Waals surface area contributed by atoms with Gasteiger partial charge in [-0.05, 0) is 50.7 Å². The van der Waals surface area contributed by atoms with Gasteiger partial charge in [-0.3, -0.25) is 9.36 Å². The molecule has 0 atom stereocenters. The maximum absolute atomic E-state index is 14.4. The van der Waals surface area contributed by atoms with E-state index in [9.17, 15) is 13.6 Å². The molecule has 1 amide bonds. The van der Waals surface area contributed by atoms with Crippen LogP contribution in [0.15, 0.2) is 24.4 Å². The van der Waals surface area contributed by atoms with E-state index in [1.807, 2.05) is 4.57 Å². The van der Waals surface area contributed by atoms with E-state index in [2.05, 4.69) is 20.6 Å². The van der Waals surface area contributed by atoms with Crippen molar-refractivity contribution in [3.05, 3.63) is 36.0 Å². The number of halogens is 2. The standard InChI is InChI=1S/C24H27F2N7O2/c25-16-2-1-3-17(26)19(16)31-23-30-18-10-28-22(29-14-8-24(9-14)11-35-12-24)32-21(18)33(23)15-6-4-13(5-7-15)20(27)34/h1-3,10,13-15H,4-9,11-12H2,(H2,27,34)(H,30,31)(H,28,29,32). The summed E-state index contributed by atoms with van der Waals surface area (Å²) in [6.07, 6.45) is 6.27. The van der Waals surface area contributed by atoms with Crippen molar-refractivity contribution in [2.45, 2.75) is 50.6 Å². The number of carbonyl (C=O) groups is 1. The van der Waals surface area contributed by atoms with Crippen molar-refractivity contribution in [2.24, 2.45) is 17.1 Å². The first-order valence-corrected chi connectivity index (χ1v) is 12.0. The van der Waals surface area contributed by atoms with Crippen molar-refractivity contribution in [2.75, 3.05) is 23.8 Å². The average Bonchev–Trinajstić information content (AvgIpc) is 3.14. The van der Waals surface area contributed by atoms with Crippen LogP contribution in [0.3, 0.4) is 0 Å². The van der Waals surface area contributed by atoms with Gasteiger partial charge in [0.25, 0.3) is 0 Å². The maximum atomic E-state index is 14.4. The molecule has 2 saturated carbocycles. The molecule has 0 radical (unpaired) electrons. The van der Waals surface area contributed by atoms with Crippen LogP contribution in [0, 0.1) is 23.0 Å². The minimum Gasteiger partial charge on any atom is -0.380 e. The molecule has 184 valence electrons. The lowest BCUT2D eigenvalue weighted by atomic mass is 9.64. The number of rotatable bonds is 6. The van der Waals surface area contributed by atoms with Gasteiger partial charge in [-0.1, -0.05) is 6.07 Å². The minimum absolute atomic E-state index is 0.0604. The summed E-state index contributed by atoms with van der Waals surface area (Å²) in [5.74, 6) is -1.12. The molecule has 1 saturated heterocycles. The van der Waals surface area contributed by atoms with Crippen LogP contribution in [-0.4, -0.2) is 44.7 Å². The highest BCUT2D eigenvalue weighted by Gasteiger charge is 2.50. The molecule has 9 nitrogen and oxygen atoms in total. The normalized spacial score (nSPS) is 23.6. The molecular formula is C24H27F2N7O2. The number of anilines is 3. The molecule has 3 aromatic rings. The number of amides is 1. The topological polar surface area (TPSA) is 120 Å². The van der Waals surface area contributed by atoms with E-state index in [1.54, 1.807) is 6.20 Å². The van der Waals surface area contributed by atoms with Crippen LogP contribution in [-0.2, 0) is 9.53 Å². The number of hydrogen-bond donors (Lipinski definition) is 3.